The van der Waals surface area contributed by atoms with E-state index in [0.717, 1.165) is 26.1 Å². The Labute approximate surface area is 135 Å². The van der Waals surface area contributed by atoms with E-state index >= 15 is 0 Å². The normalized spacial score (nSPS) is 18.3. The van der Waals surface area contributed by atoms with E-state index in [1.54, 1.807) is 18.3 Å². The molecule has 1 fully saturated rings. The Kier molecular flexibility index (Phi) is 4.65. The number of nitrogens with one attached hydrogen (secondary N) is 2. The molecule has 1 aromatic carbocycles. The van der Waals surface area contributed by atoms with Crippen LogP contribution in [0.2, 0.25) is 0 Å². The Balaban J connectivity index is 1.56. The first-order valence-electron chi connectivity index (χ1n) is 7.47. The highest BCUT2D eigenvalue weighted by Gasteiger charge is 2.24. The van der Waals surface area contributed by atoms with E-state index in [-0.39, 0.29) is 11.9 Å². The summed E-state index contributed by atoms with van der Waals surface area (Å²) in [5.74, 6) is -0.0894. The van der Waals surface area contributed by atoms with Gasteiger partial charge in [-0.15, -0.1) is 0 Å². The molecule has 2 aromatic rings. The monoisotopic (exact) mass is 313 g/mol. The molecule has 1 amide bonds. The lowest BCUT2D eigenvalue weighted by Gasteiger charge is -2.16. The predicted octanol–water partition coefficient (Wildman–Crippen LogP) is 2.75. The molecular formula is C17H19N3OS. The van der Waals surface area contributed by atoms with E-state index in [1.807, 2.05) is 6.07 Å². The van der Waals surface area contributed by atoms with Gasteiger partial charge in [0, 0.05) is 31.9 Å². The number of likely N-dealkylation sites (tertiary alicyclic amines) is 1. The highest BCUT2D eigenvalue weighted by molar-refractivity contribution is 7.71. The third-order valence-electron chi connectivity index (χ3n) is 3.92. The quantitative estimate of drug-likeness (QED) is 0.853. The predicted molar refractivity (Wildman–Crippen MR) is 89.2 cm³/mol. The van der Waals surface area contributed by atoms with Crippen molar-refractivity contribution >= 4 is 18.1 Å². The molecule has 0 aliphatic carbocycles. The molecule has 1 aliphatic heterocycles. The molecule has 22 heavy (non-hydrogen) atoms. The van der Waals surface area contributed by atoms with Crippen molar-refractivity contribution in [1.82, 2.24) is 15.2 Å². The van der Waals surface area contributed by atoms with Crippen molar-refractivity contribution in [3.05, 3.63) is 64.4 Å². The minimum Gasteiger partial charge on any atom is -0.352 e. The fraction of sp³-hybridized carbons (Fsp3) is 0.294. The van der Waals surface area contributed by atoms with Gasteiger partial charge < -0.3 is 10.3 Å². The first-order valence-corrected chi connectivity index (χ1v) is 7.88. The van der Waals surface area contributed by atoms with E-state index in [4.69, 9.17) is 12.2 Å². The van der Waals surface area contributed by atoms with Gasteiger partial charge in [0.05, 0.1) is 5.56 Å². The van der Waals surface area contributed by atoms with Crippen LogP contribution in [-0.2, 0) is 6.54 Å². The smallest absolute Gasteiger partial charge is 0.254 e. The van der Waals surface area contributed by atoms with Gasteiger partial charge in [-0.05, 0) is 24.1 Å². The molecule has 0 spiro atoms. The zero-order valence-corrected chi connectivity index (χ0v) is 13.1. The van der Waals surface area contributed by atoms with Gasteiger partial charge in [0.2, 0.25) is 0 Å². The maximum atomic E-state index is 12.3. The van der Waals surface area contributed by atoms with Crippen LogP contribution in [-0.4, -0.2) is 34.9 Å². The van der Waals surface area contributed by atoms with Crippen LogP contribution in [0.25, 0.3) is 0 Å². The number of benzene rings is 1. The molecule has 1 atom stereocenters. The molecule has 1 saturated heterocycles. The number of carbonyl (C=O) groups excluding carboxylic acids is 1. The summed E-state index contributed by atoms with van der Waals surface area (Å²) in [4.78, 5) is 17.5. The Bertz CT molecular complexity index is 698. The van der Waals surface area contributed by atoms with Crippen LogP contribution in [0.1, 0.15) is 22.3 Å². The summed E-state index contributed by atoms with van der Waals surface area (Å²) < 4.78 is 0.485. The van der Waals surface area contributed by atoms with Gasteiger partial charge >= 0.3 is 0 Å². The van der Waals surface area contributed by atoms with Crippen molar-refractivity contribution < 1.29 is 4.79 Å². The Morgan fingerprint density at radius 1 is 1.27 bits per heavy atom. The summed E-state index contributed by atoms with van der Waals surface area (Å²) in [6.45, 7) is 2.81. The number of pyridine rings is 1. The molecule has 114 valence electrons. The zero-order valence-electron chi connectivity index (χ0n) is 12.3. The molecule has 4 nitrogen and oxygen atoms in total. The third kappa shape index (κ3) is 3.61. The minimum atomic E-state index is -0.0894. The number of hydrogen-bond donors (Lipinski definition) is 2. The van der Waals surface area contributed by atoms with Crippen LogP contribution in [0.5, 0.6) is 0 Å². The first-order chi connectivity index (χ1) is 10.7. The zero-order chi connectivity index (χ0) is 15.4. The number of carbonyl (C=O) groups is 1. The van der Waals surface area contributed by atoms with Crippen LogP contribution in [0.4, 0.5) is 0 Å². The molecule has 5 heteroatoms. The molecule has 2 N–H and O–H groups in total. The molecule has 0 unspecified atom stereocenters. The fourth-order valence-corrected chi connectivity index (χ4v) is 3.03. The summed E-state index contributed by atoms with van der Waals surface area (Å²) in [5.41, 5.74) is 1.85. The van der Waals surface area contributed by atoms with E-state index in [1.165, 1.54) is 5.56 Å². The summed E-state index contributed by atoms with van der Waals surface area (Å²) in [5, 5.41) is 3.08. The van der Waals surface area contributed by atoms with Crippen molar-refractivity contribution in [3.8, 4) is 0 Å². The minimum absolute atomic E-state index is 0.0894. The second-order valence-electron chi connectivity index (χ2n) is 5.59. The number of aromatic nitrogens is 1. The maximum absolute atomic E-state index is 12.3. The average Bonchev–Trinajstić information content (AvgIpc) is 2.95. The van der Waals surface area contributed by atoms with Gasteiger partial charge in [-0.25, -0.2) is 0 Å². The average molecular weight is 313 g/mol. The molecular weight excluding hydrogens is 294 g/mol. The van der Waals surface area contributed by atoms with Crippen LogP contribution in [0.3, 0.4) is 0 Å². The summed E-state index contributed by atoms with van der Waals surface area (Å²) >= 11 is 5.15. The molecule has 1 aliphatic rings. The van der Waals surface area contributed by atoms with E-state index in [9.17, 15) is 4.79 Å². The van der Waals surface area contributed by atoms with E-state index < -0.39 is 0 Å². The Morgan fingerprint density at radius 3 is 2.86 bits per heavy atom. The van der Waals surface area contributed by atoms with Crippen molar-refractivity contribution in [1.29, 1.82) is 0 Å². The lowest BCUT2D eigenvalue weighted by molar-refractivity contribution is 0.0937. The van der Waals surface area contributed by atoms with Gasteiger partial charge in [0.1, 0.15) is 4.64 Å². The number of amides is 1. The number of hydrogen-bond acceptors (Lipinski definition) is 3. The van der Waals surface area contributed by atoms with Crippen LogP contribution in [0, 0.1) is 4.64 Å². The third-order valence-corrected chi connectivity index (χ3v) is 4.26. The van der Waals surface area contributed by atoms with Crippen LogP contribution < -0.4 is 5.32 Å². The molecule has 0 bridgehead atoms. The highest BCUT2D eigenvalue weighted by atomic mass is 32.1. The number of nitrogens with zero attached hydrogens (tertiary/aromatic N) is 1. The second kappa shape index (κ2) is 6.85. The molecule has 0 radical (unpaired) electrons. The molecule has 3 rings (SSSR count). The van der Waals surface area contributed by atoms with Crippen molar-refractivity contribution in [2.75, 3.05) is 13.1 Å². The van der Waals surface area contributed by atoms with Crippen LogP contribution in [0.15, 0.2) is 48.7 Å². The standard InChI is InChI=1S/C17H19N3OS/c21-16(15-7-4-9-18-17(15)22)19-14-8-10-20(12-14)11-13-5-2-1-3-6-13/h1-7,9,14H,8,10-12H2,(H,18,22)(H,19,21)/t14-/m1/s1. The number of H-pyrrole nitrogens is 1. The molecule has 1 aromatic heterocycles. The molecule has 2 heterocycles. The van der Waals surface area contributed by atoms with Gasteiger partial charge in [-0.3, -0.25) is 9.69 Å². The van der Waals surface area contributed by atoms with Crippen molar-refractivity contribution in [3.63, 3.8) is 0 Å². The number of aromatic amines is 1. The maximum Gasteiger partial charge on any atom is 0.254 e. The topological polar surface area (TPSA) is 48.1 Å². The number of rotatable bonds is 4. The Hall–Kier alpha value is -1.98. The highest BCUT2D eigenvalue weighted by Crippen LogP contribution is 2.14. The summed E-state index contributed by atoms with van der Waals surface area (Å²) in [7, 11) is 0. The van der Waals surface area contributed by atoms with Gasteiger partial charge in [-0.1, -0.05) is 42.5 Å². The van der Waals surface area contributed by atoms with Crippen molar-refractivity contribution in [2.24, 2.45) is 0 Å². The molecule has 0 saturated carbocycles. The van der Waals surface area contributed by atoms with Crippen molar-refractivity contribution in [2.45, 2.75) is 19.0 Å². The van der Waals surface area contributed by atoms with Crippen LogP contribution >= 0.6 is 12.2 Å². The van der Waals surface area contributed by atoms with E-state index in [0.29, 0.717) is 10.2 Å². The lowest BCUT2D eigenvalue weighted by Crippen LogP contribution is -2.37. The SMILES string of the molecule is O=C(N[C@@H]1CCN(Cc2ccccc2)C1)c1ccc[nH]c1=S. The second-order valence-corrected chi connectivity index (χ2v) is 6.00. The largest absolute Gasteiger partial charge is 0.352 e. The lowest BCUT2D eigenvalue weighted by atomic mass is 10.2. The van der Waals surface area contributed by atoms with Gasteiger partial charge in [0.25, 0.3) is 5.91 Å². The van der Waals surface area contributed by atoms with Gasteiger partial charge in [-0.2, -0.15) is 0 Å². The summed E-state index contributed by atoms with van der Waals surface area (Å²) in [6.07, 6.45) is 2.71. The van der Waals surface area contributed by atoms with E-state index in [2.05, 4.69) is 39.5 Å². The Morgan fingerprint density at radius 2 is 2.09 bits per heavy atom. The first kappa shape index (κ1) is 14.9. The summed E-state index contributed by atoms with van der Waals surface area (Å²) in [6, 6.07) is 14.1. The van der Waals surface area contributed by atoms with Gasteiger partial charge in [0.15, 0.2) is 0 Å². The fourth-order valence-electron chi connectivity index (χ4n) is 2.80.